The average molecular weight is 322 g/mol. The lowest BCUT2D eigenvalue weighted by molar-refractivity contribution is 0.582. The number of halogens is 2. The molecule has 0 atom stereocenters. The minimum Gasteiger partial charge on any atom is -0.310 e. The van der Waals surface area contributed by atoms with Gasteiger partial charge in [-0.25, -0.2) is 4.39 Å². The molecule has 0 spiro atoms. The molecule has 1 nitrogen and oxygen atoms in total. The van der Waals surface area contributed by atoms with Crippen molar-refractivity contribution in [3.63, 3.8) is 0 Å². The average Bonchev–Trinajstić information content (AvgIpc) is 2.37. The van der Waals surface area contributed by atoms with Gasteiger partial charge in [0.05, 0.1) is 0 Å². The Labute approximate surface area is 122 Å². The Hall–Kier alpha value is -1.19. The van der Waals surface area contributed by atoms with Gasteiger partial charge in [-0.2, -0.15) is 0 Å². The van der Waals surface area contributed by atoms with E-state index in [4.69, 9.17) is 0 Å². The van der Waals surface area contributed by atoms with Crippen molar-refractivity contribution in [3.8, 4) is 11.1 Å². The van der Waals surface area contributed by atoms with Crippen molar-refractivity contribution >= 4 is 15.9 Å². The number of nitrogens with one attached hydrogen (secondary N) is 1. The molecule has 2 aromatic carbocycles. The number of hydrogen-bond donors (Lipinski definition) is 1. The summed E-state index contributed by atoms with van der Waals surface area (Å²) in [6, 6.07) is 13.3. The van der Waals surface area contributed by atoms with Gasteiger partial charge in [-0.1, -0.05) is 54.0 Å². The van der Waals surface area contributed by atoms with Crippen LogP contribution in [0.4, 0.5) is 4.39 Å². The lowest BCUT2D eigenvalue weighted by atomic mass is 9.99. The van der Waals surface area contributed by atoms with Crippen molar-refractivity contribution < 1.29 is 4.39 Å². The van der Waals surface area contributed by atoms with E-state index in [1.54, 1.807) is 6.07 Å². The van der Waals surface area contributed by atoms with Crippen LogP contribution in [-0.2, 0) is 6.54 Å². The lowest BCUT2D eigenvalue weighted by Crippen LogP contribution is -2.22. The normalized spacial score (nSPS) is 11.0. The van der Waals surface area contributed by atoms with E-state index >= 15 is 0 Å². The molecule has 0 aliphatic heterocycles. The molecule has 0 heterocycles. The maximum Gasteiger partial charge on any atom is 0.123 e. The van der Waals surface area contributed by atoms with Gasteiger partial charge in [0.2, 0.25) is 0 Å². The first-order chi connectivity index (χ1) is 9.08. The SMILES string of the molecule is CC(C)NCc1cc(F)ccc1-c1ccccc1Br. The molecule has 0 amide bonds. The highest BCUT2D eigenvalue weighted by molar-refractivity contribution is 9.10. The van der Waals surface area contributed by atoms with Gasteiger partial charge in [0.15, 0.2) is 0 Å². The molecular formula is C16H17BrFN. The summed E-state index contributed by atoms with van der Waals surface area (Å²) in [6.45, 7) is 4.82. The van der Waals surface area contributed by atoms with Crippen LogP contribution >= 0.6 is 15.9 Å². The number of hydrogen-bond acceptors (Lipinski definition) is 1. The molecule has 0 aliphatic carbocycles. The molecule has 0 aromatic heterocycles. The van der Waals surface area contributed by atoms with Crippen LogP contribution < -0.4 is 5.32 Å². The Balaban J connectivity index is 2.42. The first kappa shape index (κ1) is 14.2. The third-order valence-corrected chi connectivity index (χ3v) is 3.62. The molecule has 19 heavy (non-hydrogen) atoms. The molecule has 2 aromatic rings. The second kappa shape index (κ2) is 6.31. The van der Waals surface area contributed by atoms with Crippen LogP contribution in [0.3, 0.4) is 0 Å². The second-order valence-corrected chi connectivity index (χ2v) is 5.67. The van der Waals surface area contributed by atoms with E-state index in [2.05, 4.69) is 35.1 Å². The van der Waals surface area contributed by atoms with Crippen LogP contribution in [0.15, 0.2) is 46.9 Å². The molecule has 2 rings (SSSR count). The predicted octanol–water partition coefficient (Wildman–Crippen LogP) is 4.75. The van der Waals surface area contributed by atoms with Gasteiger partial charge < -0.3 is 5.32 Å². The van der Waals surface area contributed by atoms with Crippen molar-refractivity contribution in [1.82, 2.24) is 5.32 Å². The highest BCUT2D eigenvalue weighted by Crippen LogP contribution is 2.31. The molecular weight excluding hydrogens is 305 g/mol. The molecule has 3 heteroatoms. The molecule has 0 saturated heterocycles. The summed E-state index contributed by atoms with van der Waals surface area (Å²) >= 11 is 3.55. The monoisotopic (exact) mass is 321 g/mol. The van der Waals surface area contributed by atoms with Crippen molar-refractivity contribution in [1.29, 1.82) is 0 Å². The van der Waals surface area contributed by atoms with E-state index in [1.807, 2.05) is 30.3 Å². The largest absolute Gasteiger partial charge is 0.310 e. The van der Waals surface area contributed by atoms with E-state index < -0.39 is 0 Å². The maximum absolute atomic E-state index is 13.4. The fourth-order valence-corrected chi connectivity index (χ4v) is 2.46. The van der Waals surface area contributed by atoms with Gasteiger partial charge in [0.25, 0.3) is 0 Å². The first-order valence-corrected chi connectivity index (χ1v) is 7.14. The zero-order chi connectivity index (χ0) is 13.8. The Kier molecular flexibility index (Phi) is 4.72. The smallest absolute Gasteiger partial charge is 0.123 e. The Morgan fingerprint density at radius 1 is 1.11 bits per heavy atom. The molecule has 0 fully saturated rings. The highest BCUT2D eigenvalue weighted by Gasteiger charge is 2.09. The third-order valence-electron chi connectivity index (χ3n) is 2.93. The predicted molar refractivity (Wildman–Crippen MR) is 81.5 cm³/mol. The Morgan fingerprint density at radius 3 is 2.53 bits per heavy atom. The highest BCUT2D eigenvalue weighted by atomic mass is 79.9. The maximum atomic E-state index is 13.4. The summed E-state index contributed by atoms with van der Waals surface area (Å²) in [5.41, 5.74) is 3.12. The number of rotatable bonds is 4. The Morgan fingerprint density at radius 2 is 1.84 bits per heavy atom. The van der Waals surface area contributed by atoms with Crippen LogP contribution in [-0.4, -0.2) is 6.04 Å². The summed E-state index contributed by atoms with van der Waals surface area (Å²) in [6.07, 6.45) is 0. The van der Waals surface area contributed by atoms with Crippen LogP contribution in [0.1, 0.15) is 19.4 Å². The molecule has 100 valence electrons. The van der Waals surface area contributed by atoms with Crippen LogP contribution in [0.25, 0.3) is 11.1 Å². The first-order valence-electron chi connectivity index (χ1n) is 6.34. The van der Waals surface area contributed by atoms with Gasteiger partial charge in [0.1, 0.15) is 5.82 Å². The molecule has 0 aliphatic rings. The standard InChI is InChI=1S/C16H17BrFN/c1-11(2)19-10-12-9-13(18)7-8-14(12)15-5-3-4-6-16(15)17/h3-9,11,19H,10H2,1-2H3. The topological polar surface area (TPSA) is 12.0 Å². The van der Waals surface area contributed by atoms with Crippen LogP contribution in [0.5, 0.6) is 0 Å². The minimum atomic E-state index is -0.198. The lowest BCUT2D eigenvalue weighted by Gasteiger charge is -2.14. The Bertz CT molecular complexity index is 566. The minimum absolute atomic E-state index is 0.198. The van der Waals surface area contributed by atoms with Crippen molar-refractivity contribution in [2.24, 2.45) is 0 Å². The zero-order valence-electron chi connectivity index (χ0n) is 11.1. The van der Waals surface area contributed by atoms with Gasteiger partial charge in [-0.3, -0.25) is 0 Å². The second-order valence-electron chi connectivity index (χ2n) is 4.82. The molecule has 1 N–H and O–H groups in total. The molecule has 0 unspecified atom stereocenters. The van der Waals surface area contributed by atoms with Crippen molar-refractivity contribution in [2.45, 2.75) is 26.4 Å². The van der Waals surface area contributed by atoms with Crippen LogP contribution in [0, 0.1) is 5.82 Å². The van der Waals surface area contributed by atoms with Crippen LogP contribution in [0.2, 0.25) is 0 Å². The summed E-state index contributed by atoms with van der Waals surface area (Å²) in [7, 11) is 0. The summed E-state index contributed by atoms with van der Waals surface area (Å²) in [4.78, 5) is 0. The van der Waals surface area contributed by atoms with Crippen molar-refractivity contribution in [3.05, 3.63) is 58.3 Å². The van der Waals surface area contributed by atoms with E-state index in [-0.39, 0.29) is 5.82 Å². The van der Waals surface area contributed by atoms with E-state index in [1.165, 1.54) is 6.07 Å². The number of benzene rings is 2. The fourth-order valence-electron chi connectivity index (χ4n) is 1.97. The fraction of sp³-hybridized carbons (Fsp3) is 0.250. The summed E-state index contributed by atoms with van der Waals surface area (Å²) in [5.74, 6) is -0.198. The summed E-state index contributed by atoms with van der Waals surface area (Å²) < 4.78 is 14.5. The molecule has 0 bridgehead atoms. The quantitative estimate of drug-likeness (QED) is 0.856. The molecule has 0 radical (unpaired) electrons. The van der Waals surface area contributed by atoms with Gasteiger partial charge in [-0.05, 0) is 34.9 Å². The van der Waals surface area contributed by atoms with Gasteiger partial charge in [0, 0.05) is 17.1 Å². The van der Waals surface area contributed by atoms with E-state index in [9.17, 15) is 4.39 Å². The summed E-state index contributed by atoms with van der Waals surface area (Å²) in [5, 5.41) is 3.34. The van der Waals surface area contributed by atoms with E-state index in [0.717, 1.165) is 21.2 Å². The van der Waals surface area contributed by atoms with Gasteiger partial charge >= 0.3 is 0 Å². The molecule has 0 saturated carbocycles. The van der Waals surface area contributed by atoms with Crippen molar-refractivity contribution in [2.75, 3.05) is 0 Å². The third kappa shape index (κ3) is 3.64. The zero-order valence-corrected chi connectivity index (χ0v) is 12.7. The van der Waals surface area contributed by atoms with Gasteiger partial charge in [-0.15, -0.1) is 0 Å². The van der Waals surface area contributed by atoms with E-state index in [0.29, 0.717) is 12.6 Å².